The van der Waals surface area contributed by atoms with E-state index in [1.807, 2.05) is 24.8 Å². The summed E-state index contributed by atoms with van der Waals surface area (Å²) in [6.45, 7) is 5.31. The van der Waals surface area contributed by atoms with Crippen LogP contribution in [0.2, 0.25) is 0 Å². The molecule has 0 aromatic carbocycles. The van der Waals surface area contributed by atoms with Gasteiger partial charge < -0.3 is 15.3 Å². The lowest BCUT2D eigenvalue weighted by atomic mass is 10.0. The van der Waals surface area contributed by atoms with Crippen LogP contribution in [-0.2, 0) is 17.9 Å². The Labute approximate surface area is 147 Å². The van der Waals surface area contributed by atoms with E-state index >= 15 is 0 Å². The summed E-state index contributed by atoms with van der Waals surface area (Å²) >= 11 is 0. The number of rotatable bonds is 5. The molecule has 132 valence electrons. The molecule has 1 atom stereocenters. The van der Waals surface area contributed by atoms with Crippen molar-refractivity contribution >= 4 is 5.91 Å². The molecule has 0 bridgehead atoms. The van der Waals surface area contributed by atoms with Crippen molar-refractivity contribution in [3.63, 3.8) is 0 Å². The first-order valence-electron chi connectivity index (χ1n) is 8.49. The van der Waals surface area contributed by atoms with Crippen molar-refractivity contribution in [2.75, 3.05) is 6.54 Å². The van der Waals surface area contributed by atoms with Crippen LogP contribution in [0.4, 0.5) is 0 Å². The molecule has 2 aromatic heterocycles. The molecule has 1 amide bonds. The predicted molar refractivity (Wildman–Crippen MR) is 92.7 cm³/mol. The SMILES string of the molecule is Cc1ccc(O)c(CNC2CCCN(Cc3ccnc(C)n3)C2=O)n1. The van der Waals surface area contributed by atoms with Gasteiger partial charge in [0.2, 0.25) is 5.91 Å². The molecule has 0 radical (unpaired) electrons. The van der Waals surface area contributed by atoms with Gasteiger partial charge in [0, 0.05) is 25.0 Å². The minimum atomic E-state index is -0.265. The first-order chi connectivity index (χ1) is 12.0. The number of carbonyl (C=O) groups is 1. The summed E-state index contributed by atoms with van der Waals surface area (Å²) in [6, 6.07) is 4.96. The van der Waals surface area contributed by atoms with Crippen LogP contribution in [0.5, 0.6) is 5.75 Å². The molecule has 7 nitrogen and oxygen atoms in total. The van der Waals surface area contributed by atoms with E-state index in [-0.39, 0.29) is 17.7 Å². The average molecular weight is 341 g/mol. The molecule has 3 heterocycles. The van der Waals surface area contributed by atoms with Gasteiger partial charge in [-0.25, -0.2) is 9.97 Å². The second-order valence-corrected chi connectivity index (χ2v) is 6.35. The summed E-state index contributed by atoms with van der Waals surface area (Å²) in [4.78, 5) is 27.3. The molecule has 2 N–H and O–H groups in total. The molecular formula is C18H23N5O2. The molecule has 0 saturated carbocycles. The van der Waals surface area contributed by atoms with Crippen LogP contribution in [0.25, 0.3) is 0 Å². The molecule has 2 aromatic rings. The van der Waals surface area contributed by atoms with E-state index in [4.69, 9.17) is 0 Å². The summed E-state index contributed by atoms with van der Waals surface area (Å²) < 4.78 is 0. The Morgan fingerprint density at radius 2 is 2.12 bits per heavy atom. The molecule has 1 unspecified atom stereocenters. The predicted octanol–water partition coefficient (Wildman–Crippen LogP) is 1.47. The molecule has 1 aliphatic heterocycles. The van der Waals surface area contributed by atoms with Crippen molar-refractivity contribution < 1.29 is 9.90 Å². The van der Waals surface area contributed by atoms with Crippen molar-refractivity contribution in [3.05, 3.63) is 47.3 Å². The Hall–Kier alpha value is -2.54. The fourth-order valence-corrected chi connectivity index (χ4v) is 3.03. The van der Waals surface area contributed by atoms with Gasteiger partial charge in [-0.05, 0) is 44.9 Å². The van der Waals surface area contributed by atoms with Gasteiger partial charge in [-0.1, -0.05) is 0 Å². The van der Waals surface area contributed by atoms with Gasteiger partial charge in [-0.15, -0.1) is 0 Å². The first kappa shape index (κ1) is 17.3. The maximum atomic E-state index is 12.7. The van der Waals surface area contributed by atoms with Crippen molar-refractivity contribution in [2.24, 2.45) is 0 Å². The highest BCUT2D eigenvalue weighted by molar-refractivity contribution is 5.82. The van der Waals surface area contributed by atoms with Gasteiger partial charge in [0.05, 0.1) is 24.0 Å². The third-order valence-electron chi connectivity index (χ3n) is 4.32. The van der Waals surface area contributed by atoms with Gasteiger partial charge >= 0.3 is 0 Å². The standard InChI is InChI=1S/C18H23N5O2/c1-12-5-6-17(24)16(21-12)10-20-15-4-3-9-23(18(15)25)11-14-7-8-19-13(2)22-14/h5-8,15,20,24H,3-4,9-11H2,1-2H3. The summed E-state index contributed by atoms with van der Waals surface area (Å²) in [7, 11) is 0. The van der Waals surface area contributed by atoms with Gasteiger partial charge in [0.1, 0.15) is 11.6 Å². The number of aromatic hydroxyl groups is 1. The molecular weight excluding hydrogens is 318 g/mol. The van der Waals surface area contributed by atoms with Crippen LogP contribution in [0.3, 0.4) is 0 Å². The van der Waals surface area contributed by atoms with E-state index in [1.54, 1.807) is 18.3 Å². The minimum Gasteiger partial charge on any atom is -0.506 e. The zero-order valence-corrected chi connectivity index (χ0v) is 14.6. The number of nitrogens with one attached hydrogen (secondary N) is 1. The number of likely N-dealkylation sites (tertiary alicyclic amines) is 1. The Balaban J connectivity index is 1.62. The zero-order chi connectivity index (χ0) is 17.8. The zero-order valence-electron chi connectivity index (χ0n) is 14.6. The molecule has 0 aliphatic carbocycles. The second-order valence-electron chi connectivity index (χ2n) is 6.35. The molecule has 1 saturated heterocycles. The average Bonchev–Trinajstić information content (AvgIpc) is 2.58. The van der Waals surface area contributed by atoms with Crippen molar-refractivity contribution in [2.45, 2.75) is 45.8 Å². The van der Waals surface area contributed by atoms with Crippen LogP contribution < -0.4 is 5.32 Å². The highest BCUT2D eigenvalue weighted by atomic mass is 16.3. The largest absolute Gasteiger partial charge is 0.506 e. The third kappa shape index (κ3) is 4.30. The number of nitrogens with zero attached hydrogens (tertiary/aromatic N) is 4. The maximum absolute atomic E-state index is 12.7. The molecule has 1 fully saturated rings. The Morgan fingerprint density at radius 3 is 2.92 bits per heavy atom. The summed E-state index contributed by atoms with van der Waals surface area (Å²) in [5, 5.41) is 13.1. The van der Waals surface area contributed by atoms with Crippen molar-refractivity contribution in [1.29, 1.82) is 0 Å². The first-order valence-corrected chi connectivity index (χ1v) is 8.49. The summed E-state index contributed by atoms with van der Waals surface area (Å²) in [5.41, 5.74) is 2.25. The maximum Gasteiger partial charge on any atom is 0.240 e. The van der Waals surface area contributed by atoms with E-state index in [0.717, 1.165) is 30.8 Å². The van der Waals surface area contributed by atoms with Crippen LogP contribution in [0, 0.1) is 13.8 Å². The summed E-state index contributed by atoms with van der Waals surface area (Å²) in [6.07, 6.45) is 3.43. The normalized spacial score (nSPS) is 17.8. The number of aryl methyl sites for hydroxylation is 2. The number of pyridine rings is 1. The Morgan fingerprint density at radius 1 is 1.28 bits per heavy atom. The number of aromatic nitrogens is 3. The van der Waals surface area contributed by atoms with Gasteiger partial charge in [-0.2, -0.15) is 0 Å². The molecule has 3 rings (SSSR count). The quantitative estimate of drug-likeness (QED) is 0.856. The highest BCUT2D eigenvalue weighted by Gasteiger charge is 2.28. The van der Waals surface area contributed by atoms with Crippen molar-refractivity contribution in [3.8, 4) is 5.75 Å². The Bertz CT molecular complexity index is 765. The lowest BCUT2D eigenvalue weighted by molar-refractivity contribution is -0.136. The second kappa shape index (κ2) is 7.57. The fraction of sp³-hybridized carbons (Fsp3) is 0.444. The minimum absolute atomic E-state index is 0.0645. The monoisotopic (exact) mass is 341 g/mol. The topological polar surface area (TPSA) is 91.2 Å². The number of carbonyl (C=O) groups excluding carboxylic acids is 1. The van der Waals surface area contributed by atoms with E-state index in [9.17, 15) is 9.90 Å². The lowest BCUT2D eigenvalue weighted by Crippen LogP contribution is -2.50. The van der Waals surface area contributed by atoms with Gasteiger partial charge in [-0.3, -0.25) is 9.78 Å². The van der Waals surface area contributed by atoms with Crippen LogP contribution >= 0.6 is 0 Å². The van der Waals surface area contributed by atoms with Crippen LogP contribution in [0.1, 0.15) is 35.7 Å². The number of amides is 1. The lowest BCUT2D eigenvalue weighted by Gasteiger charge is -2.32. The fourth-order valence-electron chi connectivity index (χ4n) is 3.03. The van der Waals surface area contributed by atoms with Gasteiger partial charge in [0.25, 0.3) is 0 Å². The molecule has 0 spiro atoms. The molecule has 25 heavy (non-hydrogen) atoms. The van der Waals surface area contributed by atoms with E-state index in [1.165, 1.54) is 0 Å². The molecule has 7 heteroatoms. The van der Waals surface area contributed by atoms with Crippen molar-refractivity contribution in [1.82, 2.24) is 25.2 Å². The number of piperidine rings is 1. The Kier molecular flexibility index (Phi) is 5.23. The number of hydrogen-bond donors (Lipinski definition) is 2. The van der Waals surface area contributed by atoms with E-state index in [2.05, 4.69) is 20.3 Å². The van der Waals surface area contributed by atoms with E-state index < -0.39 is 0 Å². The van der Waals surface area contributed by atoms with Gasteiger partial charge in [0.15, 0.2) is 0 Å². The molecule has 1 aliphatic rings. The van der Waals surface area contributed by atoms with E-state index in [0.29, 0.717) is 24.6 Å². The van der Waals surface area contributed by atoms with Crippen LogP contribution in [-0.4, -0.2) is 43.5 Å². The smallest absolute Gasteiger partial charge is 0.240 e. The third-order valence-corrected chi connectivity index (χ3v) is 4.32. The van der Waals surface area contributed by atoms with Crippen LogP contribution in [0.15, 0.2) is 24.4 Å². The summed E-state index contributed by atoms with van der Waals surface area (Å²) in [5.74, 6) is 0.918. The highest BCUT2D eigenvalue weighted by Crippen LogP contribution is 2.18. The number of hydrogen-bond acceptors (Lipinski definition) is 6.